The topological polar surface area (TPSA) is 77.7 Å². The van der Waals surface area contributed by atoms with Gasteiger partial charge in [-0.05, 0) is 43.2 Å². The molecular formula is C22H23ClN4O3. The normalized spacial score (nSPS) is 10.9. The Bertz CT molecular complexity index is 1090. The van der Waals surface area contributed by atoms with Gasteiger partial charge in [0.15, 0.2) is 11.5 Å². The number of benzene rings is 2. The summed E-state index contributed by atoms with van der Waals surface area (Å²) in [5.41, 5.74) is 5.75. The molecule has 0 spiro atoms. The Morgan fingerprint density at radius 1 is 1.17 bits per heavy atom. The molecule has 7 nitrogen and oxygen atoms in total. The van der Waals surface area contributed by atoms with Gasteiger partial charge in [0, 0.05) is 7.05 Å². The number of hydrogen-bond donors (Lipinski definition) is 1. The molecule has 1 aromatic heterocycles. The van der Waals surface area contributed by atoms with Gasteiger partial charge in [-0.3, -0.25) is 10.2 Å². The molecule has 1 N–H and O–H groups in total. The minimum absolute atomic E-state index is 0.0273. The zero-order valence-electron chi connectivity index (χ0n) is 17.1. The summed E-state index contributed by atoms with van der Waals surface area (Å²) >= 11 is 6.02. The average Bonchev–Trinajstić information content (AvgIpc) is 2.74. The monoisotopic (exact) mass is 426 g/mol. The molecule has 0 aliphatic heterocycles. The maximum atomic E-state index is 11.8. The van der Waals surface area contributed by atoms with E-state index in [1.54, 1.807) is 6.21 Å². The van der Waals surface area contributed by atoms with Crippen molar-refractivity contribution in [2.24, 2.45) is 12.1 Å². The molecule has 0 saturated heterocycles. The predicted molar refractivity (Wildman–Crippen MR) is 119 cm³/mol. The number of nitrogens with zero attached hydrogens (tertiary/aromatic N) is 3. The number of ether oxygens (including phenoxy) is 2. The molecule has 0 amide bonds. The standard InChI is InChI=1S/C22H23ClN4O3/c1-4-29-20-11-17(12-24-26-18-13-25-27(3)22(28)21(18)23)9-10-19(20)30-14-16-7-5-15(2)6-8-16/h5-13,26H,4,14H2,1-3H3/b24-12-. The molecule has 0 bridgehead atoms. The second kappa shape index (κ2) is 9.93. The lowest BCUT2D eigenvalue weighted by molar-refractivity contribution is 0.269. The van der Waals surface area contributed by atoms with Crippen LogP contribution in [-0.4, -0.2) is 22.6 Å². The van der Waals surface area contributed by atoms with E-state index >= 15 is 0 Å². The van der Waals surface area contributed by atoms with Gasteiger partial charge in [0.1, 0.15) is 17.3 Å². The second-order valence-corrected chi connectivity index (χ2v) is 6.96. The zero-order chi connectivity index (χ0) is 21.5. The smallest absolute Gasteiger partial charge is 0.287 e. The quantitative estimate of drug-likeness (QED) is 0.432. The van der Waals surface area contributed by atoms with E-state index in [0.717, 1.165) is 15.8 Å². The van der Waals surface area contributed by atoms with Crippen molar-refractivity contribution in [1.29, 1.82) is 0 Å². The lowest BCUT2D eigenvalue weighted by Crippen LogP contribution is -2.20. The number of nitrogens with one attached hydrogen (secondary N) is 1. The molecule has 156 valence electrons. The largest absolute Gasteiger partial charge is 0.490 e. The summed E-state index contributed by atoms with van der Waals surface area (Å²) in [5, 5.41) is 8.07. The fraction of sp³-hybridized carbons (Fsp3) is 0.227. The van der Waals surface area contributed by atoms with Gasteiger partial charge in [-0.2, -0.15) is 10.2 Å². The Hall–Kier alpha value is -3.32. The van der Waals surface area contributed by atoms with Crippen molar-refractivity contribution in [3.05, 3.63) is 80.7 Å². The van der Waals surface area contributed by atoms with Crippen molar-refractivity contribution in [1.82, 2.24) is 9.78 Å². The Labute approximate surface area is 179 Å². The van der Waals surface area contributed by atoms with Gasteiger partial charge in [0.25, 0.3) is 5.56 Å². The number of hydrogen-bond acceptors (Lipinski definition) is 6. The number of aromatic nitrogens is 2. The summed E-state index contributed by atoms with van der Waals surface area (Å²) < 4.78 is 12.8. The van der Waals surface area contributed by atoms with Crippen LogP contribution in [0.25, 0.3) is 0 Å². The summed E-state index contributed by atoms with van der Waals surface area (Å²) in [6.07, 6.45) is 3.04. The third-order valence-corrected chi connectivity index (χ3v) is 4.62. The number of halogens is 1. The summed E-state index contributed by atoms with van der Waals surface area (Å²) in [6, 6.07) is 13.7. The Morgan fingerprint density at radius 2 is 1.93 bits per heavy atom. The van der Waals surface area contributed by atoms with Crippen LogP contribution in [0.4, 0.5) is 5.69 Å². The second-order valence-electron chi connectivity index (χ2n) is 6.58. The molecule has 0 radical (unpaired) electrons. The highest BCUT2D eigenvalue weighted by atomic mass is 35.5. The van der Waals surface area contributed by atoms with Crippen LogP contribution in [0.15, 0.2) is 58.6 Å². The van der Waals surface area contributed by atoms with Crippen LogP contribution >= 0.6 is 11.6 Å². The molecule has 0 unspecified atom stereocenters. The predicted octanol–water partition coefficient (Wildman–Crippen LogP) is 4.17. The Morgan fingerprint density at radius 3 is 2.67 bits per heavy atom. The fourth-order valence-corrected chi connectivity index (χ4v) is 2.82. The van der Waals surface area contributed by atoms with E-state index in [4.69, 9.17) is 21.1 Å². The van der Waals surface area contributed by atoms with Crippen LogP contribution < -0.4 is 20.5 Å². The van der Waals surface area contributed by atoms with Crippen LogP contribution in [0.1, 0.15) is 23.6 Å². The van der Waals surface area contributed by atoms with Crippen LogP contribution in [-0.2, 0) is 13.7 Å². The van der Waals surface area contributed by atoms with E-state index in [1.807, 2.05) is 37.3 Å². The molecule has 3 aromatic rings. The van der Waals surface area contributed by atoms with Crippen molar-refractivity contribution >= 4 is 23.5 Å². The summed E-state index contributed by atoms with van der Waals surface area (Å²) in [7, 11) is 1.53. The summed E-state index contributed by atoms with van der Waals surface area (Å²) in [4.78, 5) is 11.8. The van der Waals surface area contributed by atoms with E-state index in [9.17, 15) is 4.79 Å². The molecule has 0 aliphatic rings. The van der Waals surface area contributed by atoms with Crippen LogP contribution in [0.2, 0.25) is 5.02 Å². The van der Waals surface area contributed by atoms with Gasteiger partial charge >= 0.3 is 0 Å². The highest BCUT2D eigenvalue weighted by Crippen LogP contribution is 2.29. The maximum absolute atomic E-state index is 11.8. The molecule has 0 fully saturated rings. The molecule has 0 saturated carbocycles. The number of aryl methyl sites for hydroxylation is 2. The molecule has 2 aromatic carbocycles. The Kier molecular flexibility index (Phi) is 7.08. The first-order valence-corrected chi connectivity index (χ1v) is 9.81. The van der Waals surface area contributed by atoms with Gasteiger partial charge in [0.05, 0.1) is 19.0 Å². The van der Waals surface area contributed by atoms with E-state index < -0.39 is 5.56 Å². The van der Waals surface area contributed by atoms with Gasteiger partial charge in [-0.1, -0.05) is 41.4 Å². The number of rotatable bonds is 8. The maximum Gasteiger partial charge on any atom is 0.287 e. The first-order valence-electron chi connectivity index (χ1n) is 9.44. The van der Waals surface area contributed by atoms with Crippen molar-refractivity contribution in [2.45, 2.75) is 20.5 Å². The highest BCUT2D eigenvalue weighted by molar-refractivity contribution is 6.32. The third-order valence-electron chi connectivity index (χ3n) is 4.26. The van der Waals surface area contributed by atoms with E-state index in [-0.39, 0.29) is 5.02 Å². The van der Waals surface area contributed by atoms with Crippen LogP contribution in [0.3, 0.4) is 0 Å². The van der Waals surface area contributed by atoms with Gasteiger partial charge < -0.3 is 9.47 Å². The molecule has 30 heavy (non-hydrogen) atoms. The number of hydrazone groups is 1. The zero-order valence-corrected chi connectivity index (χ0v) is 17.8. The van der Waals surface area contributed by atoms with Crippen molar-refractivity contribution in [2.75, 3.05) is 12.0 Å². The third kappa shape index (κ3) is 5.39. The fourth-order valence-electron chi connectivity index (χ4n) is 2.60. The van der Waals surface area contributed by atoms with E-state index in [0.29, 0.717) is 30.4 Å². The highest BCUT2D eigenvalue weighted by Gasteiger charge is 2.08. The molecule has 0 atom stereocenters. The average molecular weight is 427 g/mol. The van der Waals surface area contributed by atoms with Gasteiger partial charge in [0.2, 0.25) is 0 Å². The molecule has 0 aliphatic carbocycles. The minimum Gasteiger partial charge on any atom is -0.490 e. The molecule has 8 heteroatoms. The number of anilines is 1. The lowest BCUT2D eigenvalue weighted by atomic mass is 10.2. The van der Waals surface area contributed by atoms with Crippen LogP contribution in [0.5, 0.6) is 11.5 Å². The summed E-state index contributed by atoms with van der Waals surface area (Å²) in [6.45, 7) is 4.92. The molecule has 1 heterocycles. The van der Waals surface area contributed by atoms with Crippen LogP contribution in [0, 0.1) is 6.92 Å². The van der Waals surface area contributed by atoms with Gasteiger partial charge in [-0.25, -0.2) is 4.68 Å². The van der Waals surface area contributed by atoms with Gasteiger partial charge in [-0.15, -0.1) is 0 Å². The van der Waals surface area contributed by atoms with Crippen molar-refractivity contribution in [3.63, 3.8) is 0 Å². The summed E-state index contributed by atoms with van der Waals surface area (Å²) in [5.74, 6) is 1.28. The SMILES string of the molecule is CCOc1cc(/C=N\Nc2cnn(C)c(=O)c2Cl)ccc1OCc1ccc(C)cc1. The Balaban J connectivity index is 1.71. The first kappa shape index (κ1) is 21.4. The van der Waals surface area contributed by atoms with E-state index in [1.165, 1.54) is 18.8 Å². The van der Waals surface area contributed by atoms with Crippen molar-refractivity contribution < 1.29 is 9.47 Å². The first-order chi connectivity index (χ1) is 14.5. The molecular weight excluding hydrogens is 404 g/mol. The van der Waals surface area contributed by atoms with E-state index in [2.05, 4.69) is 34.7 Å². The molecule has 3 rings (SSSR count). The lowest BCUT2D eigenvalue weighted by Gasteiger charge is -2.13. The minimum atomic E-state index is -0.398. The van der Waals surface area contributed by atoms with Crippen molar-refractivity contribution in [3.8, 4) is 11.5 Å².